The van der Waals surface area contributed by atoms with E-state index in [2.05, 4.69) is 10.6 Å². The number of dihydropyridines is 1. The van der Waals surface area contributed by atoms with Gasteiger partial charge < -0.3 is 36.4 Å². The maximum absolute atomic E-state index is 13.6. The second-order valence-electron chi connectivity index (χ2n) is 12.4. The Bertz CT molecular complexity index is 1590. The Balaban J connectivity index is 1.17. The van der Waals surface area contributed by atoms with Gasteiger partial charge >= 0.3 is 6.18 Å². The summed E-state index contributed by atoms with van der Waals surface area (Å²) in [6.45, 7) is 3.34. The van der Waals surface area contributed by atoms with E-state index in [-0.39, 0.29) is 58.1 Å². The Morgan fingerprint density at radius 2 is 1.84 bits per heavy atom. The predicted molar refractivity (Wildman–Crippen MR) is 161 cm³/mol. The summed E-state index contributed by atoms with van der Waals surface area (Å²) in [5.74, 6) is -0.513. The summed E-state index contributed by atoms with van der Waals surface area (Å²) in [6, 6.07) is 9.36. The topological polar surface area (TPSA) is 147 Å². The van der Waals surface area contributed by atoms with Crippen molar-refractivity contribution in [1.29, 1.82) is 5.41 Å². The van der Waals surface area contributed by atoms with E-state index in [1.807, 2.05) is 0 Å². The SMILES string of the molecule is CC(C)(O)COC1=CN/C(=C(\C=N)C(=O)NC2CC3(C2)CC(Oc2cc(-c4ccccc4C(F)(F)F)ccc2C(N)=O)C3)C=C1. The minimum atomic E-state index is -4.55. The molecule has 0 unspecified atom stereocenters. The average molecular weight is 625 g/mol. The molecule has 0 saturated heterocycles. The van der Waals surface area contributed by atoms with Crippen LogP contribution in [0, 0.1) is 10.8 Å². The van der Waals surface area contributed by atoms with Crippen molar-refractivity contribution in [3.05, 3.63) is 89.0 Å². The number of alkyl halides is 3. The Hall–Kier alpha value is -4.58. The zero-order chi connectivity index (χ0) is 32.6. The summed E-state index contributed by atoms with van der Waals surface area (Å²) in [5, 5.41) is 23.5. The molecule has 3 aliphatic rings. The van der Waals surface area contributed by atoms with Crippen LogP contribution in [0.5, 0.6) is 5.75 Å². The van der Waals surface area contributed by atoms with Crippen LogP contribution in [0.1, 0.15) is 55.5 Å². The van der Waals surface area contributed by atoms with Gasteiger partial charge in [0.1, 0.15) is 18.1 Å². The maximum Gasteiger partial charge on any atom is 0.417 e. The van der Waals surface area contributed by atoms with E-state index in [4.69, 9.17) is 20.6 Å². The molecule has 2 aromatic carbocycles. The number of nitrogens with one attached hydrogen (secondary N) is 3. The van der Waals surface area contributed by atoms with Crippen molar-refractivity contribution in [2.45, 2.75) is 63.5 Å². The van der Waals surface area contributed by atoms with Gasteiger partial charge in [0.15, 0.2) is 0 Å². The van der Waals surface area contributed by atoms with E-state index in [9.17, 15) is 27.9 Å². The third-order valence-electron chi connectivity index (χ3n) is 8.15. The first-order valence-corrected chi connectivity index (χ1v) is 14.5. The van der Waals surface area contributed by atoms with Crippen molar-refractivity contribution in [3.63, 3.8) is 0 Å². The first-order valence-electron chi connectivity index (χ1n) is 14.5. The normalized spacial score (nSPS) is 23.6. The van der Waals surface area contributed by atoms with Crippen molar-refractivity contribution in [2.75, 3.05) is 6.61 Å². The lowest BCUT2D eigenvalue weighted by molar-refractivity contribution is -0.137. The number of hydrogen-bond acceptors (Lipinski definition) is 7. The van der Waals surface area contributed by atoms with Crippen molar-refractivity contribution >= 4 is 18.0 Å². The zero-order valence-electron chi connectivity index (χ0n) is 24.8. The van der Waals surface area contributed by atoms with Gasteiger partial charge in [-0.1, -0.05) is 24.3 Å². The summed E-state index contributed by atoms with van der Waals surface area (Å²) in [4.78, 5) is 25.0. The van der Waals surface area contributed by atoms with Crippen LogP contribution in [-0.2, 0) is 15.7 Å². The summed E-state index contributed by atoms with van der Waals surface area (Å²) >= 11 is 0. The Labute approximate surface area is 258 Å². The average Bonchev–Trinajstić information content (AvgIpc) is 2.94. The standard InChI is InChI=1S/C33H35F3N4O5/c1-31(2,43)18-44-21-8-10-27(39-17-21)25(16-37)30(42)40-20-12-32(13-20)14-22(15-32)45-28-11-19(7-9-24(28)29(38)41)23-5-3-4-6-26(23)33(34,35)36/h3-11,16-17,20,22,37,39,43H,12-15,18H2,1-2H3,(H2,38,41)(H,40,42)/b27-25+,37-16?. The molecule has 1 heterocycles. The molecule has 2 fully saturated rings. The second kappa shape index (κ2) is 12.1. The van der Waals surface area contributed by atoms with E-state index in [1.54, 1.807) is 32.2 Å². The Kier molecular flexibility index (Phi) is 8.54. The number of amides is 2. The van der Waals surface area contributed by atoms with Crippen LogP contribution in [0.2, 0.25) is 0 Å². The van der Waals surface area contributed by atoms with Gasteiger partial charge in [-0.2, -0.15) is 13.2 Å². The number of benzene rings is 2. The van der Waals surface area contributed by atoms with Gasteiger partial charge in [0.25, 0.3) is 11.8 Å². The molecule has 2 amide bonds. The quantitative estimate of drug-likeness (QED) is 0.186. The molecule has 12 heteroatoms. The van der Waals surface area contributed by atoms with E-state index in [1.165, 1.54) is 36.4 Å². The molecule has 45 heavy (non-hydrogen) atoms. The van der Waals surface area contributed by atoms with Crippen molar-refractivity contribution in [1.82, 2.24) is 10.6 Å². The lowest BCUT2D eigenvalue weighted by atomic mass is 9.53. The lowest BCUT2D eigenvalue weighted by Crippen LogP contribution is -2.59. The highest BCUT2D eigenvalue weighted by Crippen LogP contribution is 2.57. The fourth-order valence-electron chi connectivity index (χ4n) is 6.02. The van der Waals surface area contributed by atoms with E-state index >= 15 is 0 Å². The number of carbonyl (C=O) groups excluding carboxylic acids is 2. The van der Waals surface area contributed by atoms with Gasteiger partial charge in [0.05, 0.1) is 34.1 Å². The third-order valence-corrected chi connectivity index (χ3v) is 8.15. The van der Waals surface area contributed by atoms with Crippen LogP contribution in [0.4, 0.5) is 13.2 Å². The third kappa shape index (κ3) is 7.22. The molecule has 0 bridgehead atoms. The Morgan fingerprint density at radius 3 is 2.44 bits per heavy atom. The molecule has 9 nitrogen and oxygen atoms in total. The highest BCUT2D eigenvalue weighted by atomic mass is 19.4. The van der Waals surface area contributed by atoms with E-state index in [0.29, 0.717) is 37.1 Å². The van der Waals surface area contributed by atoms with Crippen molar-refractivity contribution in [2.24, 2.45) is 11.1 Å². The molecule has 238 valence electrons. The van der Waals surface area contributed by atoms with Gasteiger partial charge in [-0.3, -0.25) is 9.59 Å². The molecule has 1 spiro atoms. The first kappa shape index (κ1) is 31.8. The lowest BCUT2D eigenvalue weighted by Gasteiger charge is -2.57. The minimum Gasteiger partial charge on any atom is -0.490 e. The molecular formula is C33H35F3N4O5. The van der Waals surface area contributed by atoms with Gasteiger partial charge in [0, 0.05) is 18.5 Å². The monoisotopic (exact) mass is 624 g/mol. The number of allylic oxidation sites excluding steroid dienone is 2. The molecular weight excluding hydrogens is 589 g/mol. The summed E-state index contributed by atoms with van der Waals surface area (Å²) < 4.78 is 52.5. The van der Waals surface area contributed by atoms with Crippen LogP contribution in [0.15, 0.2) is 77.8 Å². The van der Waals surface area contributed by atoms with Gasteiger partial charge in [0.2, 0.25) is 0 Å². The zero-order valence-corrected chi connectivity index (χ0v) is 24.8. The molecule has 2 aliphatic carbocycles. The van der Waals surface area contributed by atoms with Crippen molar-refractivity contribution < 1.29 is 37.3 Å². The second-order valence-corrected chi connectivity index (χ2v) is 12.4. The fraction of sp³-hybridized carbons (Fsp3) is 0.364. The molecule has 2 aromatic rings. The van der Waals surface area contributed by atoms with Gasteiger partial charge in [-0.25, -0.2) is 0 Å². The molecule has 2 saturated carbocycles. The minimum absolute atomic E-state index is 0.0257. The summed E-state index contributed by atoms with van der Waals surface area (Å²) in [6.07, 6.45) is 3.73. The number of rotatable bonds is 10. The number of nitrogens with two attached hydrogens (primary N) is 1. The maximum atomic E-state index is 13.6. The highest BCUT2D eigenvalue weighted by Gasteiger charge is 2.54. The number of hydrogen-bond donors (Lipinski definition) is 5. The molecule has 5 rings (SSSR count). The largest absolute Gasteiger partial charge is 0.490 e. The number of carbonyl (C=O) groups is 2. The number of halogens is 3. The van der Waals surface area contributed by atoms with Gasteiger partial charge in [-0.15, -0.1) is 0 Å². The number of ether oxygens (including phenoxy) is 2. The highest BCUT2D eigenvalue weighted by molar-refractivity contribution is 6.12. The van der Waals surface area contributed by atoms with E-state index < -0.39 is 23.2 Å². The van der Waals surface area contributed by atoms with Crippen LogP contribution in [0.25, 0.3) is 11.1 Å². The van der Waals surface area contributed by atoms with Crippen molar-refractivity contribution in [3.8, 4) is 16.9 Å². The predicted octanol–water partition coefficient (Wildman–Crippen LogP) is 4.97. The molecule has 6 N–H and O–H groups in total. The molecule has 0 radical (unpaired) electrons. The van der Waals surface area contributed by atoms with Crippen LogP contribution in [-0.4, -0.2) is 47.5 Å². The summed E-state index contributed by atoms with van der Waals surface area (Å²) in [5.41, 5.74) is 4.62. The Morgan fingerprint density at radius 1 is 1.13 bits per heavy atom. The van der Waals surface area contributed by atoms with Gasteiger partial charge in [-0.05, 0) is 86.4 Å². The molecule has 0 atom stereocenters. The number of primary amides is 1. The molecule has 1 aliphatic heterocycles. The molecule has 0 aromatic heterocycles. The first-order chi connectivity index (χ1) is 21.2. The smallest absolute Gasteiger partial charge is 0.417 e. The number of aliphatic hydroxyl groups is 1. The van der Waals surface area contributed by atoms with Crippen LogP contribution < -0.4 is 21.1 Å². The van der Waals surface area contributed by atoms with Crippen LogP contribution in [0.3, 0.4) is 0 Å². The van der Waals surface area contributed by atoms with E-state index in [0.717, 1.165) is 12.3 Å². The summed E-state index contributed by atoms with van der Waals surface area (Å²) in [7, 11) is 0. The fourth-order valence-corrected chi connectivity index (χ4v) is 6.02. The van der Waals surface area contributed by atoms with Crippen LogP contribution >= 0.6 is 0 Å².